The minimum atomic E-state index is -0.315. The molecule has 0 saturated carbocycles. The van der Waals surface area contributed by atoms with E-state index in [1.165, 1.54) is 0 Å². The van der Waals surface area contributed by atoms with Gasteiger partial charge in [0.1, 0.15) is 0 Å². The number of rotatable bonds is 5. The van der Waals surface area contributed by atoms with Gasteiger partial charge in [0.05, 0.1) is 12.5 Å². The van der Waals surface area contributed by atoms with Crippen LogP contribution in [0.1, 0.15) is 24.8 Å². The highest BCUT2D eigenvalue weighted by atomic mass is 16.2. The van der Waals surface area contributed by atoms with E-state index in [4.69, 9.17) is 5.73 Å². The molecule has 0 spiro atoms. The highest BCUT2D eigenvalue weighted by molar-refractivity contribution is 5.87. The van der Waals surface area contributed by atoms with Gasteiger partial charge in [-0.15, -0.1) is 6.58 Å². The Balaban J connectivity index is 2.26. The Labute approximate surface area is 124 Å². The first-order valence-electron chi connectivity index (χ1n) is 7.07. The molecule has 1 aromatic rings. The topological polar surface area (TPSA) is 75.4 Å². The quantitative estimate of drug-likeness (QED) is 0.798. The zero-order valence-electron chi connectivity index (χ0n) is 12.2. The molecule has 0 aromatic heterocycles. The number of carbonyl (C=O) groups is 2. The van der Waals surface area contributed by atoms with Crippen LogP contribution in [0.4, 0.5) is 5.69 Å². The average Bonchev–Trinajstić information content (AvgIpc) is 2.47. The number of para-hydroxylation sites is 1. The Morgan fingerprint density at radius 3 is 2.86 bits per heavy atom. The summed E-state index contributed by atoms with van der Waals surface area (Å²) >= 11 is 0. The maximum absolute atomic E-state index is 11.9. The lowest BCUT2D eigenvalue weighted by Gasteiger charge is -2.39. The van der Waals surface area contributed by atoms with Crippen LogP contribution in [-0.4, -0.2) is 30.9 Å². The fourth-order valence-electron chi connectivity index (χ4n) is 2.78. The van der Waals surface area contributed by atoms with Crippen LogP contribution >= 0.6 is 0 Å². The SMILES string of the molecule is C=CCNC(=O)CN1c2ccccc2[C@H](C(N)=O)C[C@@H]1C. The van der Waals surface area contributed by atoms with Crippen molar-refractivity contribution in [3.05, 3.63) is 42.5 Å². The number of nitrogens with two attached hydrogens (primary N) is 1. The van der Waals surface area contributed by atoms with Gasteiger partial charge in [-0.1, -0.05) is 24.3 Å². The zero-order chi connectivity index (χ0) is 15.4. The molecule has 21 heavy (non-hydrogen) atoms. The van der Waals surface area contributed by atoms with Gasteiger partial charge in [0.25, 0.3) is 0 Å². The number of carbonyl (C=O) groups excluding carboxylic acids is 2. The number of hydrogen-bond donors (Lipinski definition) is 2. The van der Waals surface area contributed by atoms with Crippen molar-refractivity contribution in [1.82, 2.24) is 5.32 Å². The first-order chi connectivity index (χ1) is 10.0. The molecule has 0 radical (unpaired) electrons. The van der Waals surface area contributed by atoms with Gasteiger partial charge in [0.2, 0.25) is 11.8 Å². The van der Waals surface area contributed by atoms with Crippen LogP contribution in [0.3, 0.4) is 0 Å². The van der Waals surface area contributed by atoms with E-state index in [-0.39, 0.29) is 30.3 Å². The van der Waals surface area contributed by atoms with E-state index >= 15 is 0 Å². The largest absolute Gasteiger partial charge is 0.369 e. The second-order valence-electron chi connectivity index (χ2n) is 5.32. The molecule has 5 heteroatoms. The van der Waals surface area contributed by atoms with Gasteiger partial charge in [-0.05, 0) is 25.0 Å². The van der Waals surface area contributed by atoms with Crippen molar-refractivity contribution in [3.8, 4) is 0 Å². The second kappa shape index (κ2) is 6.43. The lowest BCUT2D eigenvalue weighted by Crippen LogP contribution is -2.46. The maximum Gasteiger partial charge on any atom is 0.239 e. The molecule has 2 atom stereocenters. The molecule has 3 N–H and O–H groups in total. The zero-order valence-corrected chi connectivity index (χ0v) is 12.2. The molecule has 0 bridgehead atoms. The summed E-state index contributed by atoms with van der Waals surface area (Å²) in [5, 5.41) is 2.77. The summed E-state index contributed by atoms with van der Waals surface area (Å²) in [7, 11) is 0. The molecule has 5 nitrogen and oxygen atoms in total. The Morgan fingerprint density at radius 1 is 1.48 bits per heavy atom. The van der Waals surface area contributed by atoms with Crippen LogP contribution in [0.5, 0.6) is 0 Å². The molecule has 2 amide bonds. The van der Waals surface area contributed by atoms with Gasteiger partial charge in [0.15, 0.2) is 0 Å². The van der Waals surface area contributed by atoms with Crippen molar-refractivity contribution in [2.24, 2.45) is 5.73 Å². The third-order valence-corrected chi connectivity index (χ3v) is 3.83. The van der Waals surface area contributed by atoms with Gasteiger partial charge < -0.3 is 16.0 Å². The van der Waals surface area contributed by atoms with Crippen molar-refractivity contribution in [3.63, 3.8) is 0 Å². The molecule has 2 rings (SSSR count). The van der Waals surface area contributed by atoms with E-state index in [0.29, 0.717) is 13.0 Å². The van der Waals surface area contributed by atoms with Crippen molar-refractivity contribution < 1.29 is 9.59 Å². The standard InChI is InChI=1S/C16H21N3O2/c1-3-8-18-15(20)10-19-11(2)9-13(16(17)21)12-6-4-5-7-14(12)19/h3-7,11,13H,1,8-10H2,2H3,(H2,17,21)(H,18,20)/t11-,13+/m0/s1. The van der Waals surface area contributed by atoms with Crippen molar-refractivity contribution in [1.29, 1.82) is 0 Å². The third kappa shape index (κ3) is 3.24. The number of anilines is 1. The summed E-state index contributed by atoms with van der Waals surface area (Å²) in [5.41, 5.74) is 7.32. The highest BCUT2D eigenvalue weighted by Gasteiger charge is 2.33. The molecular weight excluding hydrogens is 266 g/mol. The average molecular weight is 287 g/mol. The van der Waals surface area contributed by atoms with Crippen molar-refractivity contribution >= 4 is 17.5 Å². The Bertz CT molecular complexity index is 556. The summed E-state index contributed by atoms with van der Waals surface area (Å²) in [4.78, 5) is 25.6. The van der Waals surface area contributed by atoms with E-state index in [1.807, 2.05) is 36.1 Å². The predicted octanol–water partition coefficient (Wildman–Crippen LogP) is 1.16. The molecule has 1 heterocycles. The Kier molecular flexibility index (Phi) is 4.62. The highest BCUT2D eigenvalue weighted by Crippen LogP contribution is 2.37. The van der Waals surface area contributed by atoms with Gasteiger partial charge in [-0.2, -0.15) is 0 Å². The number of nitrogens with one attached hydrogen (secondary N) is 1. The third-order valence-electron chi connectivity index (χ3n) is 3.83. The minimum absolute atomic E-state index is 0.0610. The first-order valence-corrected chi connectivity index (χ1v) is 7.07. The normalized spacial score (nSPS) is 20.5. The number of hydrogen-bond acceptors (Lipinski definition) is 3. The monoisotopic (exact) mass is 287 g/mol. The molecular formula is C16H21N3O2. The van der Waals surface area contributed by atoms with E-state index in [2.05, 4.69) is 11.9 Å². The Morgan fingerprint density at radius 2 is 2.19 bits per heavy atom. The molecule has 1 aliphatic heterocycles. The van der Waals surface area contributed by atoms with Crippen LogP contribution in [0.15, 0.2) is 36.9 Å². The van der Waals surface area contributed by atoms with Crippen LogP contribution in [0.25, 0.3) is 0 Å². The second-order valence-corrected chi connectivity index (χ2v) is 5.32. The number of nitrogens with zero attached hydrogens (tertiary/aromatic N) is 1. The molecule has 0 aliphatic carbocycles. The van der Waals surface area contributed by atoms with E-state index in [0.717, 1.165) is 11.3 Å². The van der Waals surface area contributed by atoms with Crippen molar-refractivity contribution in [2.45, 2.75) is 25.3 Å². The maximum atomic E-state index is 11.9. The van der Waals surface area contributed by atoms with Gasteiger partial charge in [-0.25, -0.2) is 0 Å². The lowest BCUT2D eigenvalue weighted by molar-refractivity contribution is -0.119. The van der Waals surface area contributed by atoms with Crippen LogP contribution in [0.2, 0.25) is 0 Å². The van der Waals surface area contributed by atoms with Gasteiger partial charge in [-0.3, -0.25) is 9.59 Å². The van der Waals surface area contributed by atoms with E-state index in [9.17, 15) is 9.59 Å². The molecule has 1 aliphatic rings. The van der Waals surface area contributed by atoms with Crippen LogP contribution in [-0.2, 0) is 9.59 Å². The summed E-state index contributed by atoms with van der Waals surface area (Å²) in [6.07, 6.45) is 2.27. The fraction of sp³-hybridized carbons (Fsp3) is 0.375. The smallest absolute Gasteiger partial charge is 0.239 e. The summed E-state index contributed by atoms with van der Waals surface area (Å²) < 4.78 is 0. The van der Waals surface area contributed by atoms with Gasteiger partial charge >= 0.3 is 0 Å². The fourth-order valence-corrected chi connectivity index (χ4v) is 2.78. The lowest BCUT2D eigenvalue weighted by atomic mass is 9.85. The summed E-state index contributed by atoms with van der Waals surface area (Å²) in [5.74, 6) is -0.664. The van der Waals surface area contributed by atoms with E-state index < -0.39 is 0 Å². The summed E-state index contributed by atoms with van der Waals surface area (Å²) in [6.45, 7) is 6.30. The van der Waals surface area contributed by atoms with Crippen LogP contribution in [0, 0.1) is 0 Å². The summed E-state index contributed by atoms with van der Waals surface area (Å²) in [6, 6.07) is 7.71. The Hall–Kier alpha value is -2.30. The van der Waals surface area contributed by atoms with Gasteiger partial charge in [0, 0.05) is 18.3 Å². The molecule has 0 saturated heterocycles. The van der Waals surface area contributed by atoms with Crippen LogP contribution < -0.4 is 16.0 Å². The van der Waals surface area contributed by atoms with E-state index in [1.54, 1.807) is 6.08 Å². The number of benzene rings is 1. The molecule has 1 aromatic carbocycles. The molecule has 112 valence electrons. The van der Waals surface area contributed by atoms with Crippen molar-refractivity contribution in [2.75, 3.05) is 18.0 Å². The number of amides is 2. The first kappa shape index (κ1) is 15.1. The molecule has 0 fully saturated rings. The predicted molar refractivity (Wildman–Crippen MR) is 83.0 cm³/mol. The number of primary amides is 1. The number of fused-ring (bicyclic) bond motifs is 1. The minimum Gasteiger partial charge on any atom is -0.369 e. The molecule has 0 unspecified atom stereocenters.